The van der Waals surface area contributed by atoms with Crippen molar-refractivity contribution in [2.75, 3.05) is 6.61 Å². The van der Waals surface area contributed by atoms with Gasteiger partial charge in [-0.15, -0.1) is 0 Å². The molecule has 6 nitrogen and oxygen atoms in total. The van der Waals surface area contributed by atoms with Crippen LogP contribution in [0.15, 0.2) is 23.8 Å². The number of hydrogen-bond acceptors (Lipinski definition) is 6. The summed E-state index contributed by atoms with van der Waals surface area (Å²) in [6, 6.07) is 0. The highest BCUT2D eigenvalue weighted by Crippen LogP contribution is 2.45. The van der Waals surface area contributed by atoms with Gasteiger partial charge in [0.15, 0.2) is 0 Å². The van der Waals surface area contributed by atoms with E-state index in [1.807, 2.05) is 0 Å². The molecule has 2 N–H and O–H groups in total. The number of hydrogen-bond donors (Lipinski definition) is 2. The van der Waals surface area contributed by atoms with Crippen LogP contribution in [0.1, 0.15) is 59.3 Å². The number of carbonyl (C=O) groups excluding carboxylic acids is 2. The molecule has 30 heavy (non-hydrogen) atoms. The maximum Gasteiger partial charge on any atom is 0.309 e. The molecule has 1 aliphatic heterocycles. The van der Waals surface area contributed by atoms with E-state index in [1.54, 1.807) is 6.92 Å². The van der Waals surface area contributed by atoms with Gasteiger partial charge in [0.25, 0.3) is 0 Å². The number of rotatable bonds is 7. The van der Waals surface area contributed by atoms with Gasteiger partial charge in [-0.05, 0) is 49.0 Å². The lowest BCUT2D eigenvalue weighted by Gasteiger charge is -2.43. The van der Waals surface area contributed by atoms with Crippen LogP contribution in [-0.4, -0.2) is 47.1 Å². The summed E-state index contributed by atoms with van der Waals surface area (Å²) >= 11 is 0. The third-order valence-corrected chi connectivity index (χ3v) is 6.88. The molecule has 6 heteroatoms. The molecule has 0 bridgehead atoms. The summed E-state index contributed by atoms with van der Waals surface area (Å²) in [6.45, 7) is 6.10. The molecular formula is C24H36O6. The van der Waals surface area contributed by atoms with Crippen molar-refractivity contribution in [1.82, 2.24) is 0 Å². The first-order chi connectivity index (χ1) is 14.3. The Morgan fingerprint density at radius 1 is 1.30 bits per heavy atom. The maximum absolute atomic E-state index is 12.6. The van der Waals surface area contributed by atoms with Gasteiger partial charge in [-0.2, -0.15) is 0 Å². The molecule has 0 aromatic heterocycles. The van der Waals surface area contributed by atoms with Crippen LogP contribution in [0.2, 0.25) is 0 Å². The fourth-order valence-electron chi connectivity index (χ4n) is 5.21. The number of aliphatic hydroxyl groups is 2. The minimum Gasteiger partial charge on any atom is -0.462 e. The highest BCUT2D eigenvalue weighted by Gasteiger charge is 2.42. The summed E-state index contributed by atoms with van der Waals surface area (Å²) in [6.07, 6.45) is 8.93. The predicted octanol–water partition coefficient (Wildman–Crippen LogP) is 3.17. The van der Waals surface area contributed by atoms with E-state index in [-0.39, 0.29) is 54.9 Å². The van der Waals surface area contributed by atoms with E-state index in [0.29, 0.717) is 31.1 Å². The second-order valence-corrected chi connectivity index (χ2v) is 9.46. The molecule has 1 saturated heterocycles. The van der Waals surface area contributed by atoms with Crippen molar-refractivity contribution in [3.63, 3.8) is 0 Å². The van der Waals surface area contributed by atoms with Gasteiger partial charge in [0.05, 0.1) is 18.4 Å². The van der Waals surface area contributed by atoms with Crippen molar-refractivity contribution < 1.29 is 29.3 Å². The number of fused-ring (bicyclic) bond motifs is 1. The molecule has 0 aromatic carbocycles. The van der Waals surface area contributed by atoms with Gasteiger partial charge in [-0.3, -0.25) is 9.59 Å². The van der Waals surface area contributed by atoms with Crippen LogP contribution in [0.25, 0.3) is 0 Å². The van der Waals surface area contributed by atoms with Crippen LogP contribution >= 0.6 is 0 Å². The molecule has 8 atom stereocenters. The molecule has 3 rings (SSSR count). The Kier molecular flexibility index (Phi) is 7.75. The van der Waals surface area contributed by atoms with E-state index in [2.05, 4.69) is 32.1 Å². The Morgan fingerprint density at radius 3 is 2.77 bits per heavy atom. The van der Waals surface area contributed by atoms with Gasteiger partial charge in [-0.25, -0.2) is 0 Å². The number of ether oxygens (including phenoxy) is 2. The van der Waals surface area contributed by atoms with Crippen molar-refractivity contribution in [1.29, 1.82) is 0 Å². The van der Waals surface area contributed by atoms with E-state index in [0.717, 1.165) is 12.8 Å². The first-order valence-corrected chi connectivity index (χ1v) is 11.4. The standard InChI is InChI=1S/C24H36O6/c1-14-10-17-5-4-15(2)20(7-6-19-12-18(26)13-22(27)29-19)23(17)21(11-14)30-24(28)16(3)8-9-25/h4-5,10,14-16,18-21,23,25-26H,6-9,11-13H2,1-3H3/t14-,15-,16-,18+,19+,20-,21-,23-/m0/s1. The Hall–Kier alpha value is -1.66. The molecule has 0 unspecified atom stereocenters. The van der Waals surface area contributed by atoms with Gasteiger partial charge in [0.1, 0.15) is 12.2 Å². The number of allylic oxidation sites excluding steroid dienone is 3. The van der Waals surface area contributed by atoms with E-state index in [9.17, 15) is 14.7 Å². The first-order valence-electron chi connectivity index (χ1n) is 11.4. The smallest absolute Gasteiger partial charge is 0.309 e. The van der Waals surface area contributed by atoms with Crippen molar-refractivity contribution in [3.05, 3.63) is 23.8 Å². The third-order valence-electron chi connectivity index (χ3n) is 6.88. The number of carbonyl (C=O) groups is 2. The van der Waals surface area contributed by atoms with E-state index < -0.39 is 6.10 Å². The zero-order valence-electron chi connectivity index (χ0n) is 18.3. The lowest BCUT2D eigenvalue weighted by Crippen LogP contribution is -2.42. The zero-order valence-corrected chi connectivity index (χ0v) is 18.3. The number of cyclic esters (lactones) is 1. The zero-order chi connectivity index (χ0) is 21.8. The second-order valence-electron chi connectivity index (χ2n) is 9.46. The average Bonchev–Trinajstić information content (AvgIpc) is 2.66. The first kappa shape index (κ1) is 23.0. The summed E-state index contributed by atoms with van der Waals surface area (Å²) in [5, 5.41) is 19.0. The Labute approximate surface area is 179 Å². The molecule has 0 radical (unpaired) electrons. The van der Waals surface area contributed by atoms with Gasteiger partial charge < -0.3 is 19.7 Å². The minimum atomic E-state index is -0.618. The molecule has 0 spiro atoms. The number of aliphatic hydroxyl groups excluding tert-OH is 2. The molecule has 0 amide bonds. The van der Waals surface area contributed by atoms with Crippen LogP contribution in [0.5, 0.6) is 0 Å². The SMILES string of the molecule is C[C@H]1C=C2C=C[C@H](C)[C@H](CC[C@@H]3C[C@@H](O)CC(=O)O3)[C@H]2[C@@H](OC(=O)[C@@H](C)CCO)C1. The fraction of sp³-hybridized carbons (Fsp3) is 0.750. The van der Waals surface area contributed by atoms with Gasteiger partial charge in [-0.1, -0.05) is 39.0 Å². The highest BCUT2D eigenvalue weighted by molar-refractivity contribution is 5.72. The van der Waals surface area contributed by atoms with Crippen LogP contribution in [0.4, 0.5) is 0 Å². The quantitative estimate of drug-likeness (QED) is 0.615. The summed E-state index contributed by atoms with van der Waals surface area (Å²) < 4.78 is 11.4. The van der Waals surface area contributed by atoms with Crippen LogP contribution < -0.4 is 0 Å². The summed E-state index contributed by atoms with van der Waals surface area (Å²) in [5.41, 5.74) is 1.23. The third kappa shape index (κ3) is 5.52. The van der Waals surface area contributed by atoms with E-state index in [1.165, 1.54) is 5.57 Å². The van der Waals surface area contributed by atoms with Gasteiger partial charge in [0.2, 0.25) is 0 Å². The summed E-state index contributed by atoms with van der Waals surface area (Å²) in [4.78, 5) is 24.3. The van der Waals surface area contributed by atoms with E-state index >= 15 is 0 Å². The van der Waals surface area contributed by atoms with Gasteiger partial charge in [0, 0.05) is 18.9 Å². The van der Waals surface area contributed by atoms with Crippen molar-refractivity contribution >= 4 is 11.9 Å². The second kappa shape index (κ2) is 10.1. The highest BCUT2D eigenvalue weighted by atomic mass is 16.5. The van der Waals surface area contributed by atoms with Crippen molar-refractivity contribution in [3.8, 4) is 0 Å². The summed E-state index contributed by atoms with van der Waals surface area (Å²) in [7, 11) is 0. The Bertz CT molecular complexity index is 683. The molecule has 1 fully saturated rings. The Balaban J connectivity index is 1.73. The largest absolute Gasteiger partial charge is 0.462 e. The lowest BCUT2D eigenvalue weighted by atomic mass is 9.65. The maximum atomic E-state index is 12.6. The minimum absolute atomic E-state index is 0.0275. The normalized spacial score (nSPS) is 37.0. The molecule has 0 saturated carbocycles. The lowest BCUT2D eigenvalue weighted by molar-refractivity contribution is -0.162. The molecule has 168 valence electrons. The monoisotopic (exact) mass is 420 g/mol. The summed E-state index contributed by atoms with van der Waals surface area (Å²) in [5.74, 6) is 0.155. The molecule has 2 aliphatic carbocycles. The average molecular weight is 421 g/mol. The van der Waals surface area contributed by atoms with Crippen molar-refractivity contribution in [2.24, 2.45) is 29.6 Å². The predicted molar refractivity (Wildman–Crippen MR) is 112 cm³/mol. The van der Waals surface area contributed by atoms with Crippen LogP contribution in [-0.2, 0) is 19.1 Å². The van der Waals surface area contributed by atoms with Crippen LogP contribution in [0.3, 0.4) is 0 Å². The fourth-order valence-corrected chi connectivity index (χ4v) is 5.21. The van der Waals surface area contributed by atoms with Crippen molar-refractivity contribution in [2.45, 2.75) is 77.6 Å². The number of esters is 2. The molecular weight excluding hydrogens is 384 g/mol. The molecule has 1 heterocycles. The topological polar surface area (TPSA) is 93.1 Å². The molecule has 0 aromatic rings. The van der Waals surface area contributed by atoms with E-state index in [4.69, 9.17) is 14.6 Å². The molecule has 3 aliphatic rings. The van der Waals surface area contributed by atoms with Crippen LogP contribution in [0, 0.1) is 29.6 Å². The van der Waals surface area contributed by atoms with Gasteiger partial charge >= 0.3 is 11.9 Å². The Morgan fingerprint density at radius 2 is 2.07 bits per heavy atom.